The highest BCUT2D eigenvalue weighted by Gasteiger charge is 2.16. The number of nitro groups is 1. The quantitative estimate of drug-likeness (QED) is 0.347. The number of anilines is 1. The van der Waals surface area contributed by atoms with Crippen LogP contribution in [0.5, 0.6) is 0 Å². The first kappa shape index (κ1) is 18.9. The summed E-state index contributed by atoms with van der Waals surface area (Å²) in [6.45, 7) is 0. The van der Waals surface area contributed by atoms with Crippen LogP contribution in [0.3, 0.4) is 0 Å². The number of carbonyl (C=O) groups excluding carboxylic acids is 1. The van der Waals surface area contributed by atoms with Gasteiger partial charge >= 0.3 is 0 Å². The molecule has 0 bridgehead atoms. The summed E-state index contributed by atoms with van der Waals surface area (Å²) in [6.07, 6.45) is 0. The molecular formula is C17H13ClN4O4S. The number of nitrogens with zero attached hydrogens (tertiary/aromatic N) is 4. The zero-order valence-electron chi connectivity index (χ0n) is 14.0. The van der Waals surface area contributed by atoms with Crippen LogP contribution in [0.2, 0.25) is 5.02 Å². The summed E-state index contributed by atoms with van der Waals surface area (Å²) >= 11 is 6.96. The molecule has 0 saturated heterocycles. The lowest BCUT2D eigenvalue weighted by molar-refractivity contribution is -0.384. The molecule has 0 aliphatic heterocycles. The van der Waals surface area contributed by atoms with Gasteiger partial charge in [0.2, 0.25) is 11.8 Å². The third-order valence-electron chi connectivity index (χ3n) is 3.64. The zero-order valence-corrected chi connectivity index (χ0v) is 15.6. The average Bonchev–Trinajstić information content (AvgIpc) is 3.15. The molecule has 0 aliphatic rings. The van der Waals surface area contributed by atoms with Crippen LogP contribution in [-0.2, 0) is 4.79 Å². The van der Waals surface area contributed by atoms with E-state index >= 15 is 0 Å². The summed E-state index contributed by atoms with van der Waals surface area (Å²) in [5.74, 6) is 0.209. The van der Waals surface area contributed by atoms with Crippen LogP contribution in [0.15, 0.2) is 58.2 Å². The Labute approximate surface area is 163 Å². The SMILES string of the molecule is CN(C(=O)CSc1nnc(-c2ccc(Cl)cc2)o1)c1ccc([N+](=O)[O-])cc1. The Kier molecular flexibility index (Phi) is 5.72. The summed E-state index contributed by atoms with van der Waals surface area (Å²) in [5, 5.41) is 19.4. The van der Waals surface area contributed by atoms with E-state index in [0.717, 1.165) is 17.3 Å². The van der Waals surface area contributed by atoms with Crippen molar-refractivity contribution in [2.24, 2.45) is 0 Å². The summed E-state index contributed by atoms with van der Waals surface area (Å²) in [5.41, 5.74) is 1.25. The van der Waals surface area contributed by atoms with Gasteiger partial charge in [-0.1, -0.05) is 23.4 Å². The molecule has 3 rings (SSSR count). The number of rotatable bonds is 6. The van der Waals surface area contributed by atoms with E-state index in [1.54, 1.807) is 31.3 Å². The number of nitro benzene ring substituents is 1. The third kappa shape index (κ3) is 4.63. The van der Waals surface area contributed by atoms with Crippen LogP contribution in [0.25, 0.3) is 11.5 Å². The Bertz CT molecular complexity index is 960. The zero-order chi connectivity index (χ0) is 19.4. The number of aromatic nitrogens is 2. The molecule has 1 amide bonds. The number of amides is 1. The maximum absolute atomic E-state index is 12.3. The maximum atomic E-state index is 12.3. The number of hydrogen-bond acceptors (Lipinski definition) is 7. The van der Waals surface area contributed by atoms with Crippen molar-refractivity contribution in [2.75, 3.05) is 17.7 Å². The highest BCUT2D eigenvalue weighted by molar-refractivity contribution is 7.99. The molecule has 0 aliphatic carbocycles. The Morgan fingerprint density at radius 3 is 2.48 bits per heavy atom. The fourth-order valence-corrected chi connectivity index (χ4v) is 2.94. The Morgan fingerprint density at radius 1 is 1.19 bits per heavy atom. The lowest BCUT2D eigenvalue weighted by Gasteiger charge is -2.16. The van der Waals surface area contributed by atoms with E-state index in [-0.39, 0.29) is 22.6 Å². The molecule has 0 atom stereocenters. The van der Waals surface area contributed by atoms with Crippen molar-refractivity contribution in [1.29, 1.82) is 0 Å². The molecule has 138 valence electrons. The molecule has 3 aromatic rings. The Hall–Kier alpha value is -2.91. The van der Waals surface area contributed by atoms with Crippen molar-refractivity contribution in [3.8, 4) is 11.5 Å². The molecule has 0 radical (unpaired) electrons. The number of non-ortho nitro benzene ring substituents is 1. The van der Waals surface area contributed by atoms with Gasteiger partial charge in [-0.2, -0.15) is 0 Å². The molecule has 10 heteroatoms. The standard InChI is InChI=1S/C17H13ClN4O4S/c1-21(13-6-8-14(9-7-13)22(24)25)15(23)10-27-17-20-19-16(26-17)11-2-4-12(18)5-3-11/h2-9H,10H2,1H3. The monoisotopic (exact) mass is 404 g/mol. The molecule has 2 aromatic carbocycles. The van der Waals surface area contributed by atoms with E-state index in [2.05, 4.69) is 10.2 Å². The Balaban J connectivity index is 1.60. The van der Waals surface area contributed by atoms with Crippen LogP contribution in [-0.4, -0.2) is 33.8 Å². The van der Waals surface area contributed by atoms with E-state index < -0.39 is 4.92 Å². The molecule has 8 nitrogen and oxygen atoms in total. The van der Waals surface area contributed by atoms with E-state index in [4.69, 9.17) is 16.0 Å². The first-order chi connectivity index (χ1) is 12.9. The molecule has 0 unspecified atom stereocenters. The molecule has 0 N–H and O–H groups in total. The maximum Gasteiger partial charge on any atom is 0.277 e. The fourth-order valence-electron chi connectivity index (χ4n) is 2.14. The fraction of sp³-hybridized carbons (Fsp3) is 0.118. The smallest absolute Gasteiger partial charge is 0.277 e. The highest BCUT2D eigenvalue weighted by Crippen LogP contribution is 2.25. The van der Waals surface area contributed by atoms with E-state index in [0.29, 0.717) is 16.6 Å². The number of benzene rings is 2. The summed E-state index contributed by atoms with van der Waals surface area (Å²) in [7, 11) is 1.59. The first-order valence-corrected chi connectivity index (χ1v) is 9.03. The molecule has 0 spiro atoms. The van der Waals surface area contributed by atoms with Crippen molar-refractivity contribution in [3.05, 3.63) is 63.7 Å². The Morgan fingerprint density at radius 2 is 1.85 bits per heavy atom. The van der Waals surface area contributed by atoms with Gasteiger partial charge in [-0.25, -0.2) is 0 Å². The minimum absolute atomic E-state index is 0.0328. The second kappa shape index (κ2) is 8.19. The molecular weight excluding hydrogens is 392 g/mol. The van der Waals surface area contributed by atoms with Gasteiger partial charge in [0.15, 0.2) is 0 Å². The number of hydrogen-bond donors (Lipinski definition) is 0. The van der Waals surface area contributed by atoms with Crippen molar-refractivity contribution in [2.45, 2.75) is 5.22 Å². The van der Waals surface area contributed by atoms with Crippen LogP contribution in [0.4, 0.5) is 11.4 Å². The lowest BCUT2D eigenvalue weighted by Crippen LogP contribution is -2.27. The van der Waals surface area contributed by atoms with E-state index in [9.17, 15) is 14.9 Å². The molecule has 0 fully saturated rings. The summed E-state index contributed by atoms with van der Waals surface area (Å²) < 4.78 is 5.54. The van der Waals surface area contributed by atoms with Gasteiger partial charge in [-0.3, -0.25) is 14.9 Å². The highest BCUT2D eigenvalue weighted by atomic mass is 35.5. The van der Waals surface area contributed by atoms with Crippen LogP contribution in [0, 0.1) is 10.1 Å². The number of halogens is 1. The lowest BCUT2D eigenvalue weighted by atomic mass is 10.2. The van der Waals surface area contributed by atoms with Crippen LogP contribution >= 0.6 is 23.4 Å². The van der Waals surface area contributed by atoms with Gasteiger partial charge in [-0.15, -0.1) is 10.2 Å². The van der Waals surface area contributed by atoms with Gasteiger partial charge in [0.1, 0.15) is 0 Å². The van der Waals surface area contributed by atoms with E-state index in [1.165, 1.54) is 29.2 Å². The normalized spacial score (nSPS) is 10.6. The third-order valence-corrected chi connectivity index (χ3v) is 4.69. The van der Waals surface area contributed by atoms with Gasteiger partial charge in [0.25, 0.3) is 10.9 Å². The molecule has 0 saturated carbocycles. The minimum atomic E-state index is -0.491. The average molecular weight is 405 g/mol. The van der Waals surface area contributed by atoms with Crippen molar-refractivity contribution in [1.82, 2.24) is 10.2 Å². The van der Waals surface area contributed by atoms with Crippen molar-refractivity contribution in [3.63, 3.8) is 0 Å². The largest absolute Gasteiger partial charge is 0.411 e. The molecule has 1 heterocycles. The minimum Gasteiger partial charge on any atom is -0.411 e. The summed E-state index contributed by atoms with van der Waals surface area (Å²) in [6, 6.07) is 12.7. The first-order valence-electron chi connectivity index (χ1n) is 7.67. The van der Waals surface area contributed by atoms with E-state index in [1.807, 2.05) is 0 Å². The van der Waals surface area contributed by atoms with Gasteiger partial charge < -0.3 is 9.32 Å². The van der Waals surface area contributed by atoms with Crippen LogP contribution in [0.1, 0.15) is 0 Å². The molecule has 1 aromatic heterocycles. The summed E-state index contributed by atoms with van der Waals surface area (Å²) in [4.78, 5) is 23.9. The van der Waals surface area contributed by atoms with Gasteiger partial charge in [0, 0.05) is 35.5 Å². The van der Waals surface area contributed by atoms with Crippen molar-refractivity contribution >= 4 is 40.6 Å². The van der Waals surface area contributed by atoms with Crippen LogP contribution < -0.4 is 4.90 Å². The van der Waals surface area contributed by atoms with Crippen molar-refractivity contribution < 1.29 is 14.1 Å². The number of carbonyl (C=O) groups is 1. The molecule has 27 heavy (non-hydrogen) atoms. The second-order valence-corrected chi connectivity index (χ2v) is 6.76. The second-order valence-electron chi connectivity index (χ2n) is 5.39. The number of thioether (sulfide) groups is 1. The van der Waals surface area contributed by atoms with Gasteiger partial charge in [0.05, 0.1) is 10.7 Å². The predicted octanol–water partition coefficient (Wildman–Crippen LogP) is 4.05. The predicted molar refractivity (Wildman–Crippen MR) is 102 cm³/mol. The topological polar surface area (TPSA) is 102 Å². The van der Waals surface area contributed by atoms with Gasteiger partial charge in [-0.05, 0) is 36.4 Å².